The standard InChI is InChI=1S/C22H29FN10O8P2S/c1-9-10(2)21(32-7-30-14-17(24)26-5-28-19(14)32)39-11(9)3-37-42(34)41-16-12(4-38-43(35,36)44)40-22(13(16)23)33-8-31-15-18(25)27-6-29-20(15)33/h5-13,16,21-22,42H,3-4H2,1-2H3,(H2,24,26,28)(H2,25,27,29)(H2,35,36,44)/t9-,10+,11?,12+,13+,16+,21+,22+/m0/s1. The van der Waals surface area contributed by atoms with Crippen LogP contribution in [0.4, 0.5) is 16.0 Å². The Morgan fingerprint density at radius 1 is 0.955 bits per heavy atom. The lowest BCUT2D eigenvalue weighted by atomic mass is 9.93. The maximum atomic E-state index is 15.9. The van der Waals surface area contributed by atoms with E-state index in [9.17, 15) is 14.0 Å². The van der Waals surface area contributed by atoms with Crippen LogP contribution < -0.4 is 11.5 Å². The maximum absolute atomic E-state index is 15.9. The molecule has 4 aromatic rings. The highest BCUT2D eigenvalue weighted by atomic mass is 32.7. The molecule has 0 spiro atoms. The number of thiol groups is 1. The number of halogens is 1. The summed E-state index contributed by atoms with van der Waals surface area (Å²) in [5.41, 5.74) is 13.1. The van der Waals surface area contributed by atoms with Crippen molar-refractivity contribution < 1.29 is 41.5 Å². The molecule has 0 radical (unpaired) electrons. The molecule has 2 saturated heterocycles. The lowest BCUT2D eigenvalue weighted by Gasteiger charge is -2.21. The van der Waals surface area contributed by atoms with Crippen LogP contribution in [0.1, 0.15) is 26.3 Å². The van der Waals surface area contributed by atoms with Crippen LogP contribution in [0.25, 0.3) is 22.3 Å². The summed E-state index contributed by atoms with van der Waals surface area (Å²) in [6.45, 7) is -1.07. The number of nitrogens with two attached hydrogens (primary N) is 2. The van der Waals surface area contributed by atoms with E-state index < -0.39 is 58.6 Å². The van der Waals surface area contributed by atoms with E-state index in [0.717, 1.165) is 0 Å². The molecule has 4 aromatic heterocycles. The van der Waals surface area contributed by atoms with Crippen molar-refractivity contribution in [3.05, 3.63) is 25.3 Å². The molecule has 22 heteroatoms. The van der Waals surface area contributed by atoms with Crippen LogP contribution in [0.15, 0.2) is 25.3 Å². The van der Waals surface area contributed by atoms with E-state index in [2.05, 4.69) is 42.2 Å². The van der Waals surface area contributed by atoms with Gasteiger partial charge in [-0.2, -0.15) is 0 Å². The number of rotatable bonds is 10. The molecule has 18 nitrogen and oxygen atoms in total. The Morgan fingerprint density at radius 3 is 2.11 bits per heavy atom. The fourth-order valence-corrected chi connectivity index (χ4v) is 6.72. The minimum absolute atomic E-state index is 0.0283. The molecular weight excluding hydrogens is 645 g/mol. The lowest BCUT2D eigenvalue weighted by molar-refractivity contribution is -0.0428. The quantitative estimate of drug-likeness (QED) is 0.139. The number of alkyl halides is 1. The highest BCUT2D eigenvalue weighted by Gasteiger charge is 2.49. The number of anilines is 2. The summed E-state index contributed by atoms with van der Waals surface area (Å²) >= 11 is 3.48. The van der Waals surface area contributed by atoms with Gasteiger partial charge in [-0.3, -0.25) is 18.2 Å². The number of fused-ring (bicyclic) bond motifs is 2. The fourth-order valence-electron chi connectivity index (χ4n) is 5.31. The van der Waals surface area contributed by atoms with Gasteiger partial charge in [0.15, 0.2) is 35.3 Å². The molecule has 5 N–H and O–H groups in total. The van der Waals surface area contributed by atoms with E-state index in [-0.39, 0.29) is 41.2 Å². The fraction of sp³-hybridized carbons (Fsp3) is 0.545. The maximum Gasteiger partial charge on any atom is 0.383 e. The zero-order valence-electron chi connectivity index (χ0n) is 23.2. The van der Waals surface area contributed by atoms with Crippen LogP contribution in [0.5, 0.6) is 0 Å². The van der Waals surface area contributed by atoms with Gasteiger partial charge in [-0.15, -0.1) is 0 Å². The summed E-state index contributed by atoms with van der Waals surface area (Å²) < 4.78 is 71.5. The minimum atomic E-state index is -4.27. The molecule has 2 fully saturated rings. The molecule has 0 aromatic carbocycles. The van der Waals surface area contributed by atoms with E-state index >= 15 is 4.39 Å². The van der Waals surface area contributed by atoms with Crippen LogP contribution in [0.2, 0.25) is 0 Å². The second kappa shape index (κ2) is 12.2. The van der Waals surface area contributed by atoms with E-state index in [1.54, 1.807) is 10.9 Å². The second-order valence-electron chi connectivity index (χ2n) is 10.4. The van der Waals surface area contributed by atoms with E-state index in [1.165, 1.54) is 23.5 Å². The van der Waals surface area contributed by atoms with Gasteiger partial charge >= 0.3 is 15.1 Å². The lowest BCUT2D eigenvalue weighted by Crippen LogP contribution is -2.33. The van der Waals surface area contributed by atoms with Gasteiger partial charge in [-0.25, -0.2) is 38.9 Å². The highest BCUT2D eigenvalue weighted by Crippen LogP contribution is 2.49. The second-order valence-corrected chi connectivity index (χ2v) is 14.2. The Bertz CT molecular complexity index is 1740. The summed E-state index contributed by atoms with van der Waals surface area (Å²) in [5.74, 6) is 0.229. The van der Waals surface area contributed by atoms with Crippen LogP contribution in [0.3, 0.4) is 0 Å². The molecular formula is C22H29FN10O8P2S. The number of hydrogen-bond donors (Lipinski definition) is 4. The topological polar surface area (TPSA) is 240 Å². The summed E-state index contributed by atoms with van der Waals surface area (Å²) in [6, 6.07) is 0. The molecule has 3 unspecified atom stereocenters. The van der Waals surface area contributed by atoms with Crippen molar-refractivity contribution in [1.82, 2.24) is 39.0 Å². The minimum Gasteiger partial charge on any atom is -0.382 e. The van der Waals surface area contributed by atoms with Gasteiger partial charge in [0.25, 0.3) is 0 Å². The predicted octanol–water partition coefficient (Wildman–Crippen LogP) is 2.07. The van der Waals surface area contributed by atoms with Gasteiger partial charge in [0.1, 0.15) is 42.1 Å². The van der Waals surface area contributed by atoms with E-state index in [4.69, 9.17) is 34.5 Å². The number of nitrogen functional groups attached to an aromatic ring is 2. The van der Waals surface area contributed by atoms with Gasteiger partial charge in [0.2, 0.25) is 0 Å². The van der Waals surface area contributed by atoms with Crippen LogP contribution in [-0.4, -0.2) is 81.6 Å². The van der Waals surface area contributed by atoms with Gasteiger partial charge in [0.05, 0.1) is 32.0 Å². The molecule has 10 atom stereocenters. The molecule has 6 rings (SSSR count). The van der Waals surface area contributed by atoms with Crippen molar-refractivity contribution in [1.29, 1.82) is 0 Å². The molecule has 2 aliphatic heterocycles. The largest absolute Gasteiger partial charge is 0.383 e. The summed E-state index contributed by atoms with van der Waals surface area (Å²) in [6.07, 6.45) is -1.80. The third-order valence-corrected chi connectivity index (χ3v) is 9.47. The molecule has 6 heterocycles. The molecule has 0 amide bonds. The first kappa shape index (κ1) is 31.2. The first-order valence-corrected chi connectivity index (χ1v) is 17.2. The van der Waals surface area contributed by atoms with Gasteiger partial charge in [-0.1, -0.05) is 26.1 Å². The zero-order valence-corrected chi connectivity index (χ0v) is 25.9. The van der Waals surface area contributed by atoms with Crippen LogP contribution in [-0.2, 0) is 32.2 Å². The highest BCUT2D eigenvalue weighted by molar-refractivity contribution is 8.44. The van der Waals surface area contributed by atoms with Crippen molar-refractivity contribution in [2.75, 3.05) is 24.7 Å². The number of aromatic nitrogens is 8. The first-order chi connectivity index (χ1) is 20.9. The molecule has 2 aliphatic rings. The number of imidazole rings is 2. The third-order valence-electron chi connectivity index (χ3n) is 7.77. The van der Waals surface area contributed by atoms with E-state index in [0.29, 0.717) is 11.2 Å². The normalized spacial score (nSPS) is 31.1. The summed E-state index contributed by atoms with van der Waals surface area (Å²) in [7, 11) is -3.35. The van der Waals surface area contributed by atoms with Gasteiger partial charge < -0.3 is 34.9 Å². The van der Waals surface area contributed by atoms with Crippen LogP contribution >= 0.6 is 27.3 Å². The van der Waals surface area contributed by atoms with E-state index in [1.807, 2.05) is 13.8 Å². The Hall–Kier alpha value is -2.80. The zero-order chi connectivity index (χ0) is 31.3. The van der Waals surface area contributed by atoms with Crippen LogP contribution in [0, 0.1) is 11.8 Å². The van der Waals surface area contributed by atoms with Crippen molar-refractivity contribution in [2.24, 2.45) is 11.8 Å². The Balaban J connectivity index is 1.14. The predicted molar refractivity (Wildman–Crippen MR) is 155 cm³/mol. The van der Waals surface area contributed by atoms with Crippen molar-refractivity contribution in [2.45, 2.75) is 50.8 Å². The Labute approximate surface area is 254 Å². The molecule has 0 bridgehead atoms. The van der Waals surface area contributed by atoms with Crippen molar-refractivity contribution in [3.63, 3.8) is 0 Å². The first-order valence-electron chi connectivity index (χ1n) is 13.3. The number of ether oxygens (including phenoxy) is 2. The summed E-state index contributed by atoms with van der Waals surface area (Å²) in [4.78, 5) is 34.1. The average molecular weight is 675 g/mol. The molecule has 0 saturated carbocycles. The monoisotopic (exact) mass is 674 g/mol. The molecule has 238 valence electrons. The number of hydrogen-bond acceptors (Lipinski definition) is 15. The van der Waals surface area contributed by atoms with Gasteiger partial charge in [0, 0.05) is 5.92 Å². The molecule has 0 aliphatic carbocycles. The third kappa shape index (κ3) is 5.93. The number of nitrogens with zero attached hydrogens (tertiary/aromatic N) is 8. The van der Waals surface area contributed by atoms with Crippen molar-refractivity contribution in [3.8, 4) is 0 Å². The average Bonchev–Trinajstić information content (AvgIpc) is 3.73. The van der Waals surface area contributed by atoms with Crippen molar-refractivity contribution >= 4 is 61.3 Å². The SMILES string of the molecule is C[C@@H]1[C@H](C)C(CO[PH](=O)O[C@H]2[C@@H](F)[C@H](n3cnc4c(N)ncnc43)O[C@@H]2COP(=O)(O)S)O[C@H]1n1cnc2c(N)ncnc21. The summed E-state index contributed by atoms with van der Waals surface area (Å²) in [5, 5.41) is 0. The Kier molecular flexibility index (Phi) is 8.64. The molecule has 44 heavy (non-hydrogen) atoms. The Morgan fingerprint density at radius 2 is 1.52 bits per heavy atom. The van der Waals surface area contributed by atoms with Gasteiger partial charge in [-0.05, 0) is 5.92 Å². The smallest absolute Gasteiger partial charge is 0.382 e.